The Bertz CT molecular complexity index is 544. The first-order valence-corrected chi connectivity index (χ1v) is 9.69. The van der Waals surface area contributed by atoms with E-state index in [1.165, 1.54) is 18.9 Å². The van der Waals surface area contributed by atoms with E-state index in [-0.39, 0.29) is 5.82 Å². The maximum atomic E-state index is 13.2. The fourth-order valence-electron chi connectivity index (χ4n) is 3.19. The Balaban J connectivity index is 1.72. The van der Waals surface area contributed by atoms with E-state index < -0.39 is 0 Å². The van der Waals surface area contributed by atoms with Crippen molar-refractivity contribution < 1.29 is 9.13 Å². The van der Waals surface area contributed by atoms with E-state index in [0.29, 0.717) is 5.92 Å². The highest BCUT2D eigenvalue weighted by Crippen LogP contribution is 2.17. The number of guanidine groups is 1. The number of rotatable bonds is 9. The standard InChI is InChI=1S/C20H33FN4O/c1-3-22-20(23-10-7-17-5-4-6-19(21)15-17)24-16-18-8-11-25(12-9-18)13-14-26-2/h4-6,15,18H,3,7-14,16H2,1-2H3,(H2,22,23,24). The molecule has 1 heterocycles. The van der Waals surface area contributed by atoms with Gasteiger partial charge in [-0.15, -0.1) is 0 Å². The summed E-state index contributed by atoms with van der Waals surface area (Å²) in [6.45, 7) is 8.59. The van der Waals surface area contributed by atoms with Gasteiger partial charge in [-0.05, 0) is 62.9 Å². The van der Waals surface area contributed by atoms with Gasteiger partial charge in [0.15, 0.2) is 5.96 Å². The molecule has 0 radical (unpaired) electrons. The predicted octanol–water partition coefficient (Wildman–Crippen LogP) is 2.28. The van der Waals surface area contributed by atoms with E-state index in [0.717, 1.165) is 63.8 Å². The van der Waals surface area contributed by atoms with Gasteiger partial charge < -0.3 is 20.3 Å². The number of piperidine rings is 1. The lowest BCUT2D eigenvalue weighted by Gasteiger charge is -2.31. The van der Waals surface area contributed by atoms with Crippen molar-refractivity contribution in [2.24, 2.45) is 10.9 Å². The molecular formula is C20H33FN4O. The van der Waals surface area contributed by atoms with Crippen LogP contribution in [0.3, 0.4) is 0 Å². The van der Waals surface area contributed by atoms with E-state index in [4.69, 9.17) is 9.73 Å². The van der Waals surface area contributed by atoms with Gasteiger partial charge in [0.25, 0.3) is 0 Å². The van der Waals surface area contributed by atoms with Gasteiger partial charge in [0.1, 0.15) is 5.82 Å². The van der Waals surface area contributed by atoms with Crippen LogP contribution in [0.25, 0.3) is 0 Å². The molecule has 1 aromatic carbocycles. The molecule has 1 aromatic rings. The zero-order valence-corrected chi connectivity index (χ0v) is 16.1. The molecule has 5 nitrogen and oxygen atoms in total. The lowest BCUT2D eigenvalue weighted by atomic mass is 9.97. The van der Waals surface area contributed by atoms with Crippen molar-refractivity contribution in [1.82, 2.24) is 15.5 Å². The molecule has 0 aromatic heterocycles. The van der Waals surface area contributed by atoms with Gasteiger partial charge in [-0.2, -0.15) is 0 Å². The van der Waals surface area contributed by atoms with Gasteiger partial charge in [-0.3, -0.25) is 4.99 Å². The molecule has 0 aliphatic carbocycles. The molecule has 1 fully saturated rings. The number of aliphatic imine (C=N–C) groups is 1. The van der Waals surface area contributed by atoms with Crippen molar-refractivity contribution in [3.63, 3.8) is 0 Å². The van der Waals surface area contributed by atoms with Gasteiger partial charge in [0, 0.05) is 33.3 Å². The molecular weight excluding hydrogens is 331 g/mol. The van der Waals surface area contributed by atoms with Gasteiger partial charge in [-0.25, -0.2) is 4.39 Å². The van der Waals surface area contributed by atoms with Crippen LogP contribution in [0.15, 0.2) is 29.3 Å². The smallest absolute Gasteiger partial charge is 0.191 e. The van der Waals surface area contributed by atoms with Crippen LogP contribution < -0.4 is 10.6 Å². The quantitative estimate of drug-likeness (QED) is 0.521. The minimum atomic E-state index is -0.181. The Morgan fingerprint density at radius 3 is 2.81 bits per heavy atom. The third-order valence-corrected chi connectivity index (χ3v) is 4.77. The van der Waals surface area contributed by atoms with Gasteiger partial charge in [0.05, 0.1) is 6.61 Å². The molecule has 0 atom stereocenters. The molecule has 1 aliphatic heterocycles. The maximum absolute atomic E-state index is 13.2. The molecule has 0 bridgehead atoms. The average Bonchev–Trinajstić information content (AvgIpc) is 2.65. The Hall–Kier alpha value is -1.66. The molecule has 26 heavy (non-hydrogen) atoms. The number of nitrogens with zero attached hydrogens (tertiary/aromatic N) is 2. The molecule has 0 saturated carbocycles. The second-order valence-corrected chi connectivity index (χ2v) is 6.80. The molecule has 0 amide bonds. The van der Waals surface area contributed by atoms with Crippen molar-refractivity contribution in [1.29, 1.82) is 0 Å². The van der Waals surface area contributed by atoms with Crippen LogP contribution >= 0.6 is 0 Å². The molecule has 0 spiro atoms. The van der Waals surface area contributed by atoms with E-state index in [1.54, 1.807) is 19.2 Å². The lowest BCUT2D eigenvalue weighted by Crippen LogP contribution is -2.40. The maximum Gasteiger partial charge on any atom is 0.191 e. The fraction of sp³-hybridized carbons (Fsp3) is 0.650. The number of hydrogen-bond donors (Lipinski definition) is 2. The summed E-state index contributed by atoms with van der Waals surface area (Å²) in [6.07, 6.45) is 3.16. The second kappa shape index (κ2) is 11.9. The van der Waals surface area contributed by atoms with Crippen LogP contribution in [-0.4, -0.2) is 63.8 Å². The molecule has 0 unspecified atom stereocenters. The van der Waals surface area contributed by atoms with Crippen LogP contribution in [-0.2, 0) is 11.2 Å². The Morgan fingerprint density at radius 1 is 1.31 bits per heavy atom. The van der Waals surface area contributed by atoms with Crippen LogP contribution in [0.2, 0.25) is 0 Å². The molecule has 6 heteroatoms. The zero-order valence-electron chi connectivity index (χ0n) is 16.1. The van der Waals surface area contributed by atoms with Gasteiger partial charge in [-0.1, -0.05) is 12.1 Å². The third-order valence-electron chi connectivity index (χ3n) is 4.77. The highest BCUT2D eigenvalue weighted by atomic mass is 19.1. The highest BCUT2D eigenvalue weighted by molar-refractivity contribution is 5.79. The van der Waals surface area contributed by atoms with Crippen LogP contribution in [0.5, 0.6) is 0 Å². The largest absolute Gasteiger partial charge is 0.383 e. The van der Waals surface area contributed by atoms with Crippen molar-refractivity contribution in [3.05, 3.63) is 35.6 Å². The summed E-state index contributed by atoms with van der Waals surface area (Å²) in [7, 11) is 1.75. The number of halogens is 1. The molecule has 2 rings (SSSR count). The van der Waals surface area contributed by atoms with Crippen LogP contribution in [0.4, 0.5) is 4.39 Å². The van der Waals surface area contributed by atoms with Crippen molar-refractivity contribution in [2.45, 2.75) is 26.2 Å². The van der Waals surface area contributed by atoms with Crippen molar-refractivity contribution in [3.8, 4) is 0 Å². The summed E-state index contributed by atoms with van der Waals surface area (Å²) >= 11 is 0. The van der Waals surface area contributed by atoms with Gasteiger partial charge >= 0.3 is 0 Å². The fourth-order valence-corrected chi connectivity index (χ4v) is 3.19. The van der Waals surface area contributed by atoms with Crippen molar-refractivity contribution >= 4 is 5.96 Å². The number of likely N-dealkylation sites (tertiary alicyclic amines) is 1. The second-order valence-electron chi connectivity index (χ2n) is 6.80. The number of hydrogen-bond acceptors (Lipinski definition) is 3. The van der Waals surface area contributed by atoms with Crippen LogP contribution in [0.1, 0.15) is 25.3 Å². The third kappa shape index (κ3) is 7.70. The predicted molar refractivity (Wildman–Crippen MR) is 105 cm³/mol. The monoisotopic (exact) mass is 364 g/mol. The van der Waals surface area contributed by atoms with Gasteiger partial charge in [0.2, 0.25) is 0 Å². The average molecular weight is 365 g/mol. The summed E-state index contributed by atoms with van der Waals surface area (Å²) in [6, 6.07) is 6.77. The summed E-state index contributed by atoms with van der Waals surface area (Å²) in [4.78, 5) is 7.21. The Labute approximate surface area is 157 Å². The number of methoxy groups -OCH3 is 1. The van der Waals surface area contributed by atoms with E-state index in [9.17, 15) is 4.39 Å². The Morgan fingerprint density at radius 2 is 2.12 bits per heavy atom. The first-order chi connectivity index (χ1) is 12.7. The molecule has 2 N–H and O–H groups in total. The SMILES string of the molecule is CCNC(=NCC1CCN(CCOC)CC1)NCCc1cccc(F)c1. The molecule has 146 valence electrons. The molecule has 1 saturated heterocycles. The summed E-state index contributed by atoms with van der Waals surface area (Å²) in [5.74, 6) is 1.32. The summed E-state index contributed by atoms with van der Waals surface area (Å²) in [5.41, 5.74) is 0.997. The Kier molecular flexibility index (Phi) is 9.42. The summed E-state index contributed by atoms with van der Waals surface area (Å²) < 4.78 is 18.4. The number of benzene rings is 1. The van der Waals surface area contributed by atoms with E-state index in [1.807, 2.05) is 6.07 Å². The number of nitrogens with one attached hydrogen (secondary N) is 2. The summed E-state index contributed by atoms with van der Waals surface area (Å²) in [5, 5.41) is 6.65. The topological polar surface area (TPSA) is 48.9 Å². The van der Waals surface area contributed by atoms with E-state index in [2.05, 4.69) is 22.5 Å². The number of ether oxygens (including phenoxy) is 1. The lowest BCUT2D eigenvalue weighted by molar-refractivity contribution is 0.121. The first kappa shape index (κ1) is 20.6. The normalized spacial score (nSPS) is 16.7. The molecule has 1 aliphatic rings. The van der Waals surface area contributed by atoms with E-state index >= 15 is 0 Å². The first-order valence-electron chi connectivity index (χ1n) is 9.69. The zero-order chi connectivity index (χ0) is 18.6. The van der Waals surface area contributed by atoms with Crippen LogP contribution in [0, 0.1) is 11.7 Å². The highest BCUT2D eigenvalue weighted by Gasteiger charge is 2.18. The minimum absolute atomic E-state index is 0.181. The minimum Gasteiger partial charge on any atom is -0.383 e. The van der Waals surface area contributed by atoms with Crippen molar-refractivity contribution in [2.75, 3.05) is 53.0 Å².